The zero-order valence-corrected chi connectivity index (χ0v) is 20.5. The van der Waals surface area contributed by atoms with E-state index in [9.17, 15) is 9.59 Å². The molecule has 1 heterocycles. The van der Waals surface area contributed by atoms with E-state index in [1.807, 2.05) is 44.2 Å². The van der Waals surface area contributed by atoms with Gasteiger partial charge in [0.05, 0.1) is 19.1 Å². The number of fused-ring (bicyclic) bond motifs is 1. The van der Waals surface area contributed by atoms with Gasteiger partial charge in [0.1, 0.15) is 18.0 Å². The Balaban J connectivity index is 1.39. The number of hydrogen-bond acceptors (Lipinski definition) is 5. The van der Waals surface area contributed by atoms with Crippen LogP contribution in [0.3, 0.4) is 0 Å². The van der Waals surface area contributed by atoms with Gasteiger partial charge in [-0.3, -0.25) is 9.59 Å². The van der Waals surface area contributed by atoms with Crippen LogP contribution in [0.4, 0.5) is 5.69 Å². The highest BCUT2D eigenvalue weighted by Crippen LogP contribution is 2.34. The van der Waals surface area contributed by atoms with E-state index in [1.54, 1.807) is 43.5 Å². The smallest absolute Gasteiger partial charge is 0.248 e. The molecule has 1 amide bonds. The van der Waals surface area contributed by atoms with Gasteiger partial charge >= 0.3 is 0 Å². The first-order valence-corrected chi connectivity index (χ1v) is 11.5. The van der Waals surface area contributed by atoms with Crippen molar-refractivity contribution in [3.8, 4) is 17.2 Å². The molecule has 0 saturated carbocycles. The lowest BCUT2D eigenvalue weighted by atomic mass is 9.93. The molecule has 0 atom stereocenters. The van der Waals surface area contributed by atoms with Crippen molar-refractivity contribution in [1.82, 2.24) is 0 Å². The molecule has 1 aliphatic rings. The molecule has 0 aliphatic carbocycles. The summed E-state index contributed by atoms with van der Waals surface area (Å²) in [6.07, 6.45) is 3.39. The lowest BCUT2D eigenvalue weighted by Gasteiger charge is -2.31. The Morgan fingerprint density at radius 2 is 1.86 bits per heavy atom. The third kappa shape index (κ3) is 6.22. The number of anilines is 1. The molecule has 180 valence electrons. The molecule has 1 N–H and O–H groups in total. The molecule has 0 aromatic heterocycles. The number of rotatable bonds is 7. The van der Waals surface area contributed by atoms with Gasteiger partial charge in [-0.25, -0.2) is 0 Å². The Morgan fingerprint density at radius 3 is 2.60 bits per heavy atom. The van der Waals surface area contributed by atoms with Crippen LogP contribution in [-0.2, 0) is 11.4 Å². The molecule has 0 radical (unpaired) electrons. The maximum Gasteiger partial charge on any atom is 0.248 e. The zero-order chi connectivity index (χ0) is 25.0. The minimum absolute atomic E-state index is 0.00615. The van der Waals surface area contributed by atoms with Gasteiger partial charge in [-0.05, 0) is 73.5 Å². The van der Waals surface area contributed by atoms with Gasteiger partial charge in [-0.1, -0.05) is 29.8 Å². The topological polar surface area (TPSA) is 73.9 Å². The molecule has 1 aliphatic heterocycles. The molecule has 0 saturated heterocycles. The molecule has 0 fully saturated rings. The number of Topliss-reactive ketones (excluding diaryl/α,β-unsaturated/α-hetero) is 1. The van der Waals surface area contributed by atoms with E-state index in [1.165, 1.54) is 6.08 Å². The maximum absolute atomic E-state index is 12.5. The second-order valence-corrected chi connectivity index (χ2v) is 9.26. The number of amides is 1. The van der Waals surface area contributed by atoms with Crippen molar-refractivity contribution in [3.63, 3.8) is 0 Å². The molecule has 7 heteroatoms. The zero-order valence-electron chi connectivity index (χ0n) is 19.8. The second kappa shape index (κ2) is 10.2. The van der Waals surface area contributed by atoms with E-state index in [2.05, 4.69) is 5.32 Å². The van der Waals surface area contributed by atoms with Crippen LogP contribution < -0.4 is 19.5 Å². The van der Waals surface area contributed by atoms with Crippen LogP contribution in [0.2, 0.25) is 5.02 Å². The van der Waals surface area contributed by atoms with Gasteiger partial charge in [-0.2, -0.15) is 0 Å². The number of nitrogens with one attached hydrogen (secondary N) is 1. The van der Waals surface area contributed by atoms with Gasteiger partial charge in [0.2, 0.25) is 5.91 Å². The SMILES string of the molecule is COc1cc(/C=C/C(=O)Nc2ccc3c(c2)C(=O)CC(C)(C)O3)ccc1OCc1ccc(Cl)cc1. The van der Waals surface area contributed by atoms with Gasteiger partial charge in [0, 0.05) is 16.8 Å². The second-order valence-electron chi connectivity index (χ2n) is 8.82. The predicted molar refractivity (Wildman–Crippen MR) is 137 cm³/mol. The van der Waals surface area contributed by atoms with Crippen LogP contribution in [0, 0.1) is 0 Å². The van der Waals surface area contributed by atoms with Crippen molar-refractivity contribution in [1.29, 1.82) is 0 Å². The fourth-order valence-corrected chi connectivity index (χ4v) is 3.86. The molecule has 3 aromatic rings. The number of carbonyl (C=O) groups excluding carboxylic acids is 2. The molecule has 0 spiro atoms. The third-order valence-electron chi connectivity index (χ3n) is 5.44. The molecule has 0 unspecified atom stereocenters. The average Bonchev–Trinajstić information content (AvgIpc) is 2.82. The lowest BCUT2D eigenvalue weighted by Crippen LogP contribution is -2.35. The summed E-state index contributed by atoms with van der Waals surface area (Å²) in [5.74, 6) is 1.35. The van der Waals surface area contributed by atoms with Gasteiger partial charge < -0.3 is 19.5 Å². The maximum atomic E-state index is 12.5. The van der Waals surface area contributed by atoms with Crippen LogP contribution in [0.25, 0.3) is 6.08 Å². The molecule has 4 rings (SSSR count). The van der Waals surface area contributed by atoms with Crippen LogP contribution >= 0.6 is 11.6 Å². The molecule has 0 bridgehead atoms. The van der Waals surface area contributed by atoms with E-state index in [4.69, 9.17) is 25.8 Å². The minimum Gasteiger partial charge on any atom is -0.493 e. The van der Waals surface area contributed by atoms with Gasteiger partial charge in [-0.15, -0.1) is 0 Å². The predicted octanol–water partition coefficient (Wildman–Crippen LogP) is 6.32. The van der Waals surface area contributed by atoms with Crippen LogP contribution in [0.15, 0.2) is 66.7 Å². The Morgan fingerprint density at radius 1 is 1.09 bits per heavy atom. The van der Waals surface area contributed by atoms with Crippen LogP contribution in [0.1, 0.15) is 41.8 Å². The summed E-state index contributed by atoms with van der Waals surface area (Å²) in [4.78, 5) is 24.9. The summed E-state index contributed by atoms with van der Waals surface area (Å²) in [5, 5.41) is 3.46. The van der Waals surface area contributed by atoms with Crippen LogP contribution in [0.5, 0.6) is 17.2 Å². The number of benzene rings is 3. The van der Waals surface area contributed by atoms with Crippen molar-refractivity contribution in [3.05, 3.63) is 88.5 Å². The lowest BCUT2D eigenvalue weighted by molar-refractivity contribution is -0.111. The fourth-order valence-electron chi connectivity index (χ4n) is 3.73. The van der Waals surface area contributed by atoms with Crippen LogP contribution in [-0.4, -0.2) is 24.4 Å². The third-order valence-corrected chi connectivity index (χ3v) is 5.69. The summed E-state index contributed by atoms with van der Waals surface area (Å²) >= 11 is 5.92. The van der Waals surface area contributed by atoms with E-state index in [0.717, 1.165) is 11.1 Å². The monoisotopic (exact) mass is 491 g/mol. The standard InChI is InChI=1S/C28H26ClNO5/c1-28(2)16-23(31)22-15-21(10-12-24(22)35-28)30-27(32)13-7-18-6-11-25(26(14-18)33-3)34-17-19-4-8-20(29)9-5-19/h4-15H,16-17H2,1-3H3,(H,30,32)/b13-7+. The minimum atomic E-state index is -0.533. The Bertz CT molecular complexity index is 1280. The van der Waals surface area contributed by atoms with E-state index >= 15 is 0 Å². The van der Waals surface area contributed by atoms with Crippen molar-refractivity contribution in [2.24, 2.45) is 0 Å². The summed E-state index contributed by atoms with van der Waals surface area (Å²) in [6.45, 7) is 4.13. The Labute approximate surface area is 209 Å². The van der Waals surface area contributed by atoms with Crippen molar-refractivity contribution < 1.29 is 23.8 Å². The van der Waals surface area contributed by atoms with E-state index < -0.39 is 5.60 Å². The molecular formula is C28H26ClNO5. The first-order chi connectivity index (χ1) is 16.7. The summed E-state index contributed by atoms with van der Waals surface area (Å²) in [7, 11) is 1.56. The Kier molecular flexibility index (Phi) is 7.12. The number of ether oxygens (including phenoxy) is 3. The van der Waals surface area contributed by atoms with Crippen molar-refractivity contribution in [2.45, 2.75) is 32.5 Å². The first kappa shape index (κ1) is 24.4. The van der Waals surface area contributed by atoms with Gasteiger partial charge in [0.15, 0.2) is 17.3 Å². The molecule has 35 heavy (non-hydrogen) atoms. The number of halogens is 1. The van der Waals surface area contributed by atoms with E-state index in [-0.39, 0.29) is 11.7 Å². The normalized spacial score (nSPS) is 14.2. The highest BCUT2D eigenvalue weighted by atomic mass is 35.5. The number of methoxy groups -OCH3 is 1. The number of carbonyl (C=O) groups is 2. The molecule has 3 aromatic carbocycles. The van der Waals surface area contributed by atoms with E-state index in [0.29, 0.717) is 46.5 Å². The van der Waals surface area contributed by atoms with Gasteiger partial charge in [0.25, 0.3) is 0 Å². The summed E-state index contributed by atoms with van der Waals surface area (Å²) < 4.78 is 17.2. The Hall–Kier alpha value is -3.77. The number of hydrogen-bond donors (Lipinski definition) is 1. The summed E-state index contributed by atoms with van der Waals surface area (Å²) in [6, 6.07) is 17.9. The number of ketones is 1. The quantitative estimate of drug-likeness (QED) is 0.391. The highest BCUT2D eigenvalue weighted by Gasteiger charge is 2.32. The van der Waals surface area contributed by atoms with Crippen molar-refractivity contribution >= 4 is 35.1 Å². The average molecular weight is 492 g/mol. The fraction of sp³-hybridized carbons (Fsp3) is 0.214. The largest absolute Gasteiger partial charge is 0.493 e. The summed E-state index contributed by atoms with van der Waals surface area (Å²) in [5.41, 5.74) is 2.22. The first-order valence-electron chi connectivity index (χ1n) is 11.1. The van der Waals surface area contributed by atoms with Crippen molar-refractivity contribution in [2.75, 3.05) is 12.4 Å². The highest BCUT2D eigenvalue weighted by molar-refractivity contribution is 6.30. The molecule has 6 nitrogen and oxygen atoms in total. The molecular weight excluding hydrogens is 466 g/mol.